The van der Waals surface area contributed by atoms with Gasteiger partial charge in [-0.1, -0.05) is 43.5 Å². The average molecular weight is 339 g/mol. The Kier molecular flexibility index (Phi) is 4.66. The van der Waals surface area contributed by atoms with E-state index in [1.807, 2.05) is 31.3 Å². The maximum absolute atomic E-state index is 12.9. The first-order chi connectivity index (χ1) is 12.0. The molecule has 0 saturated heterocycles. The molecule has 2 heterocycles. The number of hydrogen-bond acceptors (Lipinski definition) is 2. The highest BCUT2D eigenvalue weighted by atomic mass is 16.2. The zero-order valence-corrected chi connectivity index (χ0v) is 15.4. The maximum atomic E-state index is 12.9. The molecule has 0 N–H and O–H groups in total. The third-order valence-corrected chi connectivity index (χ3v) is 4.81. The molecule has 0 saturated carbocycles. The van der Waals surface area contributed by atoms with Gasteiger partial charge in [-0.15, -0.1) is 0 Å². The summed E-state index contributed by atoms with van der Waals surface area (Å²) in [5.74, 6) is 0. The first-order valence-electron chi connectivity index (χ1n) is 8.81. The van der Waals surface area contributed by atoms with Crippen molar-refractivity contribution in [3.8, 4) is 11.3 Å². The largest absolute Gasteiger partial charge is 0.345 e. The molecule has 0 unspecified atom stereocenters. The summed E-state index contributed by atoms with van der Waals surface area (Å²) in [6, 6.07) is 8.18. The topological polar surface area (TPSA) is 48.9 Å². The van der Waals surface area contributed by atoms with Crippen molar-refractivity contribution < 1.29 is 0 Å². The van der Waals surface area contributed by atoms with Gasteiger partial charge in [0.2, 0.25) is 0 Å². The zero-order chi connectivity index (χ0) is 18.1. The van der Waals surface area contributed by atoms with Gasteiger partial charge in [0.15, 0.2) is 0 Å². The van der Waals surface area contributed by atoms with Crippen molar-refractivity contribution in [1.82, 2.24) is 13.7 Å². The lowest BCUT2D eigenvalue weighted by Crippen LogP contribution is -2.36. The minimum atomic E-state index is -0.293. The molecule has 25 heavy (non-hydrogen) atoms. The number of rotatable bonds is 5. The van der Waals surface area contributed by atoms with Crippen molar-refractivity contribution in [2.75, 3.05) is 0 Å². The molecule has 3 aromatic rings. The zero-order valence-electron chi connectivity index (χ0n) is 15.4. The second-order valence-corrected chi connectivity index (χ2v) is 6.71. The quantitative estimate of drug-likeness (QED) is 0.670. The van der Waals surface area contributed by atoms with Crippen molar-refractivity contribution in [3.63, 3.8) is 0 Å². The highest BCUT2D eigenvalue weighted by Crippen LogP contribution is 2.29. The molecule has 0 aliphatic carbocycles. The van der Waals surface area contributed by atoms with Crippen LogP contribution in [0.1, 0.15) is 31.7 Å². The fourth-order valence-electron chi connectivity index (χ4n) is 3.40. The maximum Gasteiger partial charge on any atom is 0.330 e. The van der Waals surface area contributed by atoms with Gasteiger partial charge in [0.1, 0.15) is 0 Å². The van der Waals surface area contributed by atoms with Crippen LogP contribution in [0.25, 0.3) is 22.2 Å². The van der Waals surface area contributed by atoms with Crippen LogP contribution in [0.15, 0.2) is 40.1 Å². The number of unbranched alkanes of at least 4 members (excludes halogenated alkanes) is 2. The number of aryl methyl sites for hydroxylation is 3. The molecule has 5 nitrogen and oxygen atoms in total. The van der Waals surface area contributed by atoms with E-state index in [0.717, 1.165) is 42.6 Å². The van der Waals surface area contributed by atoms with Gasteiger partial charge in [0.05, 0.1) is 16.6 Å². The van der Waals surface area contributed by atoms with Crippen LogP contribution in [0.4, 0.5) is 0 Å². The number of benzene rings is 1. The lowest BCUT2D eigenvalue weighted by molar-refractivity contribution is 0.609. The van der Waals surface area contributed by atoms with E-state index >= 15 is 0 Å². The van der Waals surface area contributed by atoms with E-state index in [4.69, 9.17) is 0 Å². The lowest BCUT2D eigenvalue weighted by atomic mass is 10.1. The first kappa shape index (κ1) is 17.3. The van der Waals surface area contributed by atoms with Crippen molar-refractivity contribution in [2.24, 2.45) is 14.1 Å². The Labute approximate surface area is 147 Å². The summed E-state index contributed by atoms with van der Waals surface area (Å²) >= 11 is 0. The summed E-state index contributed by atoms with van der Waals surface area (Å²) in [6.07, 6.45) is 5.27. The molecule has 0 aliphatic rings. The van der Waals surface area contributed by atoms with Crippen LogP contribution in [0.2, 0.25) is 0 Å². The summed E-state index contributed by atoms with van der Waals surface area (Å²) in [5.41, 5.74) is 3.24. The molecule has 2 aromatic heterocycles. The molecular formula is C20H25N3O2. The van der Waals surface area contributed by atoms with Crippen molar-refractivity contribution >= 4 is 10.9 Å². The minimum absolute atomic E-state index is 0.233. The number of fused-ring (bicyclic) bond motifs is 1. The average Bonchev–Trinajstić information content (AvgIpc) is 2.98. The molecule has 1 aromatic carbocycles. The van der Waals surface area contributed by atoms with Crippen molar-refractivity contribution in [1.29, 1.82) is 0 Å². The molecule has 3 rings (SSSR count). The summed E-state index contributed by atoms with van der Waals surface area (Å²) in [5, 5.41) is 0.617. The summed E-state index contributed by atoms with van der Waals surface area (Å²) < 4.78 is 4.89. The number of hydrogen-bond donors (Lipinski definition) is 0. The van der Waals surface area contributed by atoms with Gasteiger partial charge in [0, 0.05) is 26.8 Å². The smallest absolute Gasteiger partial charge is 0.330 e. The molecule has 0 spiro atoms. The van der Waals surface area contributed by atoms with E-state index in [1.54, 1.807) is 18.7 Å². The Morgan fingerprint density at radius 3 is 2.48 bits per heavy atom. The van der Waals surface area contributed by atoms with E-state index in [1.165, 1.54) is 4.57 Å². The molecule has 0 fully saturated rings. The Morgan fingerprint density at radius 2 is 1.80 bits per heavy atom. The van der Waals surface area contributed by atoms with Gasteiger partial charge in [-0.2, -0.15) is 0 Å². The van der Waals surface area contributed by atoms with Gasteiger partial charge >= 0.3 is 5.69 Å². The van der Waals surface area contributed by atoms with Crippen LogP contribution < -0.4 is 11.2 Å². The second kappa shape index (κ2) is 6.75. The summed E-state index contributed by atoms with van der Waals surface area (Å²) in [7, 11) is 3.26. The van der Waals surface area contributed by atoms with Gasteiger partial charge in [-0.05, 0) is 25.0 Å². The minimum Gasteiger partial charge on any atom is -0.345 e. The van der Waals surface area contributed by atoms with Crippen LogP contribution in [-0.4, -0.2) is 13.7 Å². The van der Waals surface area contributed by atoms with Gasteiger partial charge < -0.3 is 4.57 Å². The molecule has 0 atom stereocenters. The van der Waals surface area contributed by atoms with E-state index < -0.39 is 0 Å². The van der Waals surface area contributed by atoms with E-state index in [0.29, 0.717) is 10.9 Å². The van der Waals surface area contributed by atoms with E-state index in [-0.39, 0.29) is 11.2 Å². The SMILES string of the molecule is CCCCCn1cc2c(c1-c1cccc(C)c1)c(=O)n(C)c(=O)n2C. The number of aromatic nitrogens is 3. The normalized spacial score (nSPS) is 11.4. The van der Waals surface area contributed by atoms with Crippen molar-refractivity contribution in [3.05, 3.63) is 56.9 Å². The van der Waals surface area contributed by atoms with Crippen LogP contribution in [0.3, 0.4) is 0 Å². The Balaban J connectivity index is 2.36. The first-order valence-corrected chi connectivity index (χ1v) is 8.81. The Hall–Kier alpha value is -2.56. The Morgan fingerprint density at radius 1 is 1.04 bits per heavy atom. The number of nitrogens with zero attached hydrogens (tertiary/aromatic N) is 3. The fourth-order valence-corrected chi connectivity index (χ4v) is 3.40. The summed E-state index contributed by atoms with van der Waals surface area (Å²) in [6.45, 7) is 5.06. The third kappa shape index (κ3) is 2.95. The fraction of sp³-hybridized carbons (Fsp3) is 0.400. The monoisotopic (exact) mass is 339 g/mol. The summed E-state index contributed by atoms with van der Waals surface area (Å²) in [4.78, 5) is 25.2. The highest BCUT2D eigenvalue weighted by molar-refractivity contribution is 5.93. The standard InChI is InChI=1S/C20H25N3O2/c1-5-6-7-11-23-13-16-17(19(24)22(4)20(25)21(16)3)18(23)15-10-8-9-14(2)12-15/h8-10,12-13H,5-7,11H2,1-4H3. The Bertz CT molecular complexity index is 1040. The predicted molar refractivity (Wildman–Crippen MR) is 102 cm³/mol. The molecule has 0 aliphatic heterocycles. The molecule has 0 bridgehead atoms. The van der Waals surface area contributed by atoms with Gasteiger partial charge in [-0.3, -0.25) is 13.9 Å². The van der Waals surface area contributed by atoms with Crippen LogP contribution in [0, 0.1) is 6.92 Å². The lowest BCUT2D eigenvalue weighted by Gasteiger charge is -2.10. The van der Waals surface area contributed by atoms with Crippen LogP contribution in [-0.2, 0) is 20.6 Å². The van der Waals surface area contributed by atoms with Crippen LogP contribution >= 0.6 is 0 Å². The van der Waals surface area contributed by atoms with E-state index in [9.17, 15) is 9.59 Å². The van der Waals surface area contributed by atoms with Crippen LogP contribution in [0.5, 0.6) is 0 Å². The molecule has 5 heteroatoms. The van der Waals surface area contributed by atoms with Gasteiger partial charge in [0.25, 0.3) is 5.56 Å². The highest BCUT2D eigenvalue weighted by Gasteiger charge is 2.19. The van der Waals surface area contributed by atoms with Crippen molar-refractivity contribution in [2.45, 2.75) is 39.7 Å². The van der Waals surface area contributed by atoms with E-state index in [2.05, 4.69) is 17.6 Å². The second-order valence-electron chi connectivity index (χ2n) is 6.71. The molecule has 0 amide bonds. The third-order valence-electron chi connectivity index (χ3n) is 4.81. The van der Waals surface area contributed by atoms with Gasteiger partial charge in [-0.25, -0.2) is 4.79 Å². The molecule has 0 radical (unpaired) electrons. The molecule has 132 valence electrons. The molecular weight excluding hydrogens is 314 g/mol. The predicted octanol–water partition coefficient (Wildman–Crippen LogP) is 3.20.